The Morgan fingerprint density at radius 1 is 1.42 bits per heavy atom. The van der Waals surface area contributed by atoms with E-state index in [9.17, 15) is 5.11 Å². The van der Waals surface area contributed by atoms with E-state index in [1.54, 1.807) is 30.1 Å². The highest BCUT2D eigenvalue weighted by atomic mass is 35.5. The number of aliphatic hydroxyl groups excluding tert-OH is 1. The molecule has 0 amide bonds. The van der Waals surface area contributed by atoms with Crippen LogP contribution in [0.4, 0.5) is 11.5 Å². The van der Waals surface area contributed by atoms with Crippen LogP contribution in [0.25, 0.3) is 0 Å². The van der Waals surface area contributed by atoms with Crippen molar-refractivity contribution in [2.24, 2.45) is 0 Å². The molecule has 1 heterocycles. The first-order chi connectivity index (χ1) is 9.17. The lowest BCUT2D eigenvalue weighted by Gasteiger charge is -2.21. The second-order valence-electron chi connectivity index (χ2n) is 3.85. The van der Waals surface area contributed by atoms with Crippen LogP contribution in [0.2, 0.25) is 5.15 Å². The lowest BCUT2D eigenvalue weighted by Crippen LogP contribution is -2.14. The number of hydrogen-bond donors (Lipinski definition) is 1. The van der Waals surface area contributed by atoms with Crippen LogP contribution in [0.3, 0.4) is 0 Å². The summed E-state index contributed by atoms with van der Waals surface area (Å²) in [6.07, 6.45) is 1.33. The van der Waals surface area contributed by atoms with Crippen molar-refractivity contribution in [1.82, 2.24) is 9.97 Å². The van der Waals surface area contributed by atoms with E-state index in [0.717, 1.165) is 5.69 Å². The Labute approximate surface area is 115 Å². The van der Waals surface area contributed by atoms with Crippen molar-refractivity contribution in [3.05, 3.63) is 46.9 Å². The topological polar surface area (TPSA) is 73.0 Å². The van der Waals surface area contributed by atoms with Crippen molar-refractivity contribution in [2.75, 3.05) is 11.9 Å². The number of rotatable bonds is 3. The molecule has 0 aliphatic heterocycles. The number of nitriles is 1. The van der Waals surface area contributed by atoms with Gasteiger partial charge in [-0.25, -0.2) is 9.97 Å². The Hall–Kier alpha value is -2.16. The molecule has 1 aromatic carbocycles. The Balaban J connectivity index is 2.47. The van der Waals surface area contributed by atoms with E-state index >= 15 is 0 Å². The molecular formula is C13H11ClN4O. The summed E-state index contributed by atoms with van der Waals surface area (Å²) >= 11 is 5.93. The standard InChI is InChI=1S/C13H11ClN4O/c1-18(10-4-2-3-9(5-10)6-15)13-11(7-19)12(14)16-8-17-13/h2-5,8,19H,7H2,1H3. The maximum absolute atomic E-state index is 9.35. The quantitative estimate of drug-likeness (QED) is 0.869. The van der Waals surface area contributed by atoms with Crippen LogP contribution in [0.5, 0.6) is 0 Å². The number of nitrogens with zero attached hydrogens (tertiary/aromatic N) is 4. The monoisotopic (exact) mass is 274 g/mol. The minimum absolute atomic E-state index is 0.218. The van der Waals surface area contributed by atoms with Gasteiger partial charge in [0.1, 0.15) is 17.3 Å². The molecule has 0 unspecified atom stereocenters. The average Bonchev–Trinajstić information content (AvgIpc) is 2.46. The predicted molar refractivity (Wildman–Crippen MR) is 72.2 cm³/mol. The largest absolute Gasteiger partial charge is 0.391 e. The fraction of sp³-hybridized carbons (Fsp3) is 0.154. The van der Waals surface area contributed by atoms with Crippen molar-refractivity contribution < 1.29 is 5.11 Å². The predicted octanol–water partition coefficient (Wildman–Crippen LogP) is 2.26. The van der Waals surface area contributed by atoms with E-state index in [1.165, 1.54) is 6.33 Å². The summed E-state index contributed by atoms with van der Waals surface area (Å²) in [6.45, 7) is -0.253. The lowest BCUT2D eigenvalue weighted by molar-refractivity contribution is 0.281. The molecule has 0 saturated carbocycles. The van der Waals surface area contributed by atoms with Crippen LogP contribution >= 0.6 is 11.6 Å². The number of anilines is 2. The summed E-state index contributed by atoms with van der Waals surface area (Å²) in [5.41, 5.74) is 1.78. The maximum atomic E-state index is 9.35. The molecule has 0 atom stereocenters. The maximum Gasteiger partial charge on any atom is 0.143 e. The summed E-state index contributed by atoms with van der Waals surface area (Å²) in [5, 5.41) is 18.5. The Morgan fingerprint density at radius 2 is 2.21 bits per heavy atom. The summed E-state index contributed by atoms with van der Waals surface area (Å²) < 4.78 is 0. The number of aliphatic hydroxyl groups is 1. The fourth-order valence-corrected chi connectivity index (χ4v) is 1.90. The molecule has 2 rings (SSSR count). The highest BCUT2D eigenvalue weighted by molar-refractivity contribution is 6.30. The SMILES string of the molecule is CN(c1cccc(C#N)c1)c1ncnc(Cl)c1CO. The van der Waals surface area contributed by atoms with Gasteiger partial charge in [0.25, 0.3) is 0 Å². The first-order valence-electron chi connectivity index (χ1n) is 5.51. The molecule has 2 aromatic rings. The summed E-state index contributed by atoms with van der Waals surface area (Å²) in [4.78, 5) is 9.72. The van der Waals surface area contributed by atoms with E-state index in [-0.39, 0.29) is 11.8 Å². The van der Waals surface area contributed by atoms with E-state index in [1.807, 2.05) is 6.07 Å². The first-order valence-corrected chi connectivity index (χ1v) is 5.89. The zero-order valence-electron chi connectivity index (χ0n) is 10.2. The Bertz CT molecular complexity index is 639. The lowest BCUT2D eigenvalue weighted by atomic mass is 10.2. The molecule has 0 fully saturated rings. The second-order valence-corrected chi connectivity index (χ2v) is 4.20. The third-order valence-electron chi connectivity index (χ3n) is 2.71. The summed E-state index contributed by atoms with van der Waals surface area (Å²) in [7, 11) is 1.79. The van der Waals surface area contributed by atoms with Gasteiger partial charge in [0.15, 0.2) is 0 Å². The molecule has 1 aromatic heterocycles. The molecule has 0 bridgehead atoms. The van der Waals surface area contributed by atoms with E-state index in [0.29, 0.717) is 16.9 Å². The van der Waals surface area contributed by atoms with Crippen LogP contribution in [0.1, 0.15) is 11.1 Å². The van der Waals surface area contributed by atoms with Gasteiger partial charge in [0.05, 0.1) is 23.8 Å². The minimum atomic E-state index is -0.253. The average molecular weight is 275 g/mol. The molecule has 0 spiro atoms. The van der Waals surface area contributed by atoms with Crippen molar-refractivity contribution in [3.63, 3.8) is 0 Å². The summed E-state index contributed by atoms with van der Waals surface area (Å²) in [5.74, 6) is 0.512. The van der Waals surface area contributed by atoms with Crippen LogP contribution in [-0.2, 0) is 6.61 Å². The van der Waals surface area contributed by atoms with Crippen molar-refractivity contribution in [1.29, 1.82) is 5.26 Å². The number of halogens is 1. The van der Waals surface area contributed by atoms with Crippen LogP contribution in [0.15, 0.2) is 30.6 Å². The smallest absolute Gasteiger partial charge is 0.143 e. The third-order valence-corrected chi connectivity index (χ3v) is 3.03. The van der Waals surface area contributed by atoms with Gasteiger partial charge in [-0.3, -0.25) is 0 Å². The Morgan fingerprint density at radius 3 is 2.89 bits per heavy atom. The molecular weight excluding hydrogens is 264 g/mol. The molecule has 19 heavy (non-hydrogen) atoms. The van der Waals surface area contributed by atoms with Crippen LogP contribution < -0.4 is 4.90 Å². The molecule has 96 valence electrons. The van der Waals surface area contributed by atoms with Crippen LogP contribution in [0, 0.1) is 11.3 Å². The van der Waals surface area contributed by atoms with Gasteiger partial charge in [-0.1, -0.05) is 17.7 Å². The van der Waals surface area contributed by atoms with Gasteiger partial charge < -0.3 is 10.0 Å². The van der Waals surface area contributed by atoms with E-state index < -0.39 is 0 Å². The fourth-order valence-electron chi connectivity index (χ4n) is 1.71. The molecule has 0 radical (unpaired) electrons. The second kappa shape index (κ2) is 5.65. The van der Waals surface area contributed by atoms with Gasteiger partial charge in [0.2, 0.25) is 0 Å². The minimum Gasteiger partial charge on any atom is -0.391 e. The molecule has 1 N–H and O–H groups in total. The number of aromatic nitrogens is 2. The zero-order valence-corrected chi connectivity index (χ0v) is 11.0. The number of hydrogen-bond acceptors (Lipinski definition) is 5. The normalized spacial score (nSPS) is 10.0. The Kier molecular flexibility index (Phi) is 3.95. The molecule has 0 aliphatic rings. The molecule has 6 heteroatoms. The number of benzene rings is 1. The van der Waals surface area contributed by atoms with Crippen LogP contribution in [-0.4, -0.2) is 22.1 Å². The zero-order chi connectivity index (χ0) is 13.8. The van der Waals surface area contributed by atoms with Crippen molar-refractivity contribution in [3.8, 4) is 6.07 Å². The van der Waals surface area contributed by atoms with Gasteiger partial charge in [-0.15, -0.1) is 0 Å². The van der Waals surface area contributed by atoms with E-state index in [2.05, 4.69) is 16.0 Å². The molecule has 5 nitrogen and oxygen atoms in total. The van der Waals surface area contributed by atoms with Gasteiger partial charge >= 0.3 is 0 Å². The van der Waals surface area contributed by atoms with E-state index in [4.69, 9.17) is 16.9 Å². The first kappa shape index (κ1) is 13.3. The van der Waals surface area contributed by atoms with Crippen molar-refractivity contribution >= 4 is 23.1 Å². The summed E-state index contributed by atoms with van der Waals surface area (Å²) in [6, 6.07) is 9.16. The van der Waals surface area contributed by atoms with Gasteiger partial charge in [0, 0.05) is 12.7 Å². The van der Waals surface area contributed by atoms with Gasteiger partial charge in [-0.2, -0.15) is 5.26 Å². The van der Waals surface area contributed by atoms with Gasteiger partial charge in [-0.05, 0) is 18.2 Å². The molecule has 0 aliphatic carbocycles. The molecule has 0 saturated heterocycles. The van der Waals surface area contributed by atoms with Crippen molar-refractivity contribution in [2.45, 2.75) is 6.61 Å². The highest BCUT2D eigenvalue weighted by Crippen LogP contribution is 2.28. The third kappa shape index (κ3) is 2.65. The highest BCUT2D eigenvalue weighted by Gasteiger charge is 2.14.